The molecule has 0 radical (unpaired) electrons. The lowest BCUT2D eigenvalue weighted by Gasteiger charge is -2.13. The molecule has 2 rings (SSSR count). The van der Waals surface area contributed by atoms with Crippen molar-refractivity contribution in [3.63, 3.8) is 0 Å². The number of rotatable bonds is 3. The maximum Gasteiger partial charge on any atom is 0.295 e. The summed E-state index contributed by atoms with van der Waals surface area (Å²) in [4.78, 5) is 18.0. The lowest BCUT2D eigenvalue weighted by molar-refractivity contribution is 0.407. The molecular formula is C11H14N4O2. The largest absolute Gasteiger partial charge is 0.488 e. The third kappa shape index (κ3) is 2.01. The van der Waals surface area contributed by atoms with Crippen molar-refractivity contribution in [2.75, 3.05) is 12.5 Å². The second-order valence-electron chi connectivity index (χ2n) is 3.68. The van der Waals surface area contributed by atoms with Crippen LogP contribution in [-0.2, 0) is 0 Å². The molecule has 0 unspecified atom stereocenters. The standard InChI is InChI=1S/C11H14N4O2/c1-7-4-5-8(2)15(7)14-10-9(17-3)11(16)13-6-12-10/h4-6H,1-3H3,(H2,12,13,14,16). The minimum absolute atomic E-state index is 0.167. The summed E-state index contributed by atoms with van der Waals surface area (Å²) in [6, 6.07) is 3.95. The topological polar surface area (TPSA) is 71.9 Å². The number of aromatic amines is 1. The van der Waals surface area contributed by atoms with Crippen LogP contribution in [0.5, 0.6) is 5.75 Å². The zero-order chi connectivity index (χ0) is 12.4. The first-order valence-electron chi connectivity index (χ1n) is 5.17. The molecule has 0 fully saturated rings. The molecule has 0 aliphatic heterocycles. The molecule has 90 valence electrons. The highest BCUT2D eigenvalue weighted by molar-refractivity contribution is 5.48. The Balaban J connectivity index is 2.43. The average molecular weight is 234 g/mol. The van der Waals surface area contributed by atoms with Gasteiger partial charge in [0.25, 0.3) is 5.56 Å². The molecule has 0 saturated carbocycles. The minimum Gasteiger partial charge on any atom is -0.488 e. The molecule has 2 aromatic rings. The molecule has 2 N–H and O–H groups in total. The van der Waals surface area contributed by atoms with Crippen LogP contribution in [0.3, 0.4) is 0 Å². The van der Waals surface area contributed by atoms with Crippen molar-refractivity contribution >= 4 is 5.82 Å². The van der Waals surface area contributed by atoms with E-state index >= 15 is 0 Å². The number of nitrogens with zero attached hydrogens (tertiary/aromatic N) is 2. The predicted molar refractivity (Wildman–Crippen MR) is 64.3 cm³/mol. The van der Waals surface area contributed by atoms with Gasteiger partial charge in [0, 0.05) is 11.4 Å². The third-order valence-electron chi connectivity index (χ3n) is 2.50. The number of hydrogen-bond acceptors (Lipinski definition) is 4. The van der Waals surface area contributed by atoms with E-state index < -0.39 is 0 Å². The molecule has 0 spiro atoms. The van der Waals surface area contributed by atoms with Crippen LogP contribution >= 0.6 is 0 Å². The van der Waals surface area contributed by atoms with Crippen molar-refractivity contribution in [1.82, 2.24) is 14.6 Å². The molecule has 0 amide bonds. The van der Waals surface area contributed by atoms with E-state index in [9.17, 15) is 4.79 Å². The van der Waals surface area contributed by atoms with E-state index in [4.69, 9.17) is 4.74 Å². The molecule has 0 atom stereocenters. The quantitative estimate of drug-likeness (QED) is 0.833. The van der Waals surface area contributed by atoms with Gasteiger partial charge in [-0.1, -0.05) is 0 Å². The first-order chi connectivity index (χ1) is 8.13. The van der Waals surface area contributed by atoms with E-state index in [2.05, 4.69) is 15.4 Å². The van der Waals surface area contributed by atoms with Gasteiger partial charge in [0.05, 0.1) is 13.4 Å². The van der Waals surface area contributed by atoms with Crippen molar-refractivity contribution in [2.24, 2.45) is 0 Å². The highest BCUT2D eigenvalue weighted by Gasteiger charge is 2.10. The molecule has 0 aromatic carbocycles. The zero-order valence-electron chi connectivity index (χ0n) is 9.94. The average Bonchev–Trinajstić information content (AvgIpc) is 2.61. The predicted octanol–water partition coefficient (Wildman–Crippen LogP) is 1.07. The molecule has 0 aliphatic rings. The second-order valence-corrected chi connectivity index (χ2v) is 3.68. The summed E-state index contributed by atoms with van der Waals surface area (Å²) in [5.74, 6) is 0.554. The number of aryl methyl sites for hydroxylation is 2. The maximum absolute atomic E-state index is 11.5. The second kappa shape index (κ2) is 4.32. The van der Waals surface area contributed by atoms with E-state index in [0.29, 0.717) is 5.82 Å². The molecule has 6 heteroatoms. The minimum atomic E-state index is -0.313. The number of nitrogens with one attached hydrogen (secondary N) is 2. The number of methoxy groups -OCH3 is 1. The number of hydrogen-bond donors (Lipinski definition) is 2. The lowest BCUT2D eigenvalue weighted by Crippen LogP contribution is -2.18. The fourth-order valence-corrected chi connectivity index (χ4v) is 1.61. The Bertz CT molecular complexity index is 566. The van der Waals surface area contributed by atoms with E-state index in [-0.39, 0.29) is 11.3 Å². The van der Waals surface area contributed by atoms with Gasteiger partial charge in [-0.3, -0.25) is 14.9 Å². The van der Waals surface area contributed by atoms with Gasteiger partial charge in [0.2, 0.25) is 5.75 Å². The normalized spacial score (nSPS) is 10.3. The number of H-pyrrole nitrogens is 1. The Hall–Kier alpha value is -2.24. The van der Waals surface area contributed by atoms with Gasteiger partial charge in [-0.05, 0) is 26.0 Å². The molecule has 6 nitrogen and oxygen atoms in total. The van der Waals surface area contributed by atoms with Crippen molar-refractivity contribution in [3.05, 3.63) is 40.2 Å². The van der Waals surface area contributed by atoms with Gasteiger partial charge in [-0.2, -0.15) is 0 Å². The van der Waals surface area contributed by atoms with Crippen molar-refractivity contribution in [1.29, 1.82) is 0 Å². The van der Waals surface area contributed by atoms with Crippen LogP contribution in [0.2, 0.25) is 0 Å². The van der Waals surface area contributed by atoms with Gasteiger partial charge in [0.1, 0.15) is 0 Å². The zero-order valence-corrected chi connectivity index (χ0v) is 9.94. The van der Waals surface area contributed by atoms with Crippen molar-refractivity contribution in [3.8, 4) is 5.75 Å². The maximum atomic E-state index is 11.5. The summed E-state index contributed by atoms with van der Waals surface area (Å²) in [5.41, 5.74) is 4.77. The van der Waals surface area contributed by atoms with Crippen LogP contribution in [0.4, 0.5) is 5.82 Å². The molecule has 17 heavy (non-hydrogen) atoms. The fourth-order valence-electron chi connectivity index (χ4n) is 1.61. The smallest absolute Gasteiger partial charge is 0.295 e. The highest BCUT2D eigenvalue weighted by Crippen LogP contribution is 2.16. The van der Waals surface area contributed by atoms with Gasteiger partial charge in [-0.25, -0.2) is 4.98 Å². The van der Waals surface area contributed by atoms with E-state index in [1.165, 1.54) is 13.4 Å². The first-order valence-corrected chi connectivity index (χ1v) is 5.17. The van der Waals surface area contributed by atoms with Gasteiger partial charge < -0.3 is 9.72 Å². The van der Waals surface area contributed by atoms with Gasteiger partial charge >= 0.3 is 0 Å². The van der Waals surface area contributed by atoms with Crippen LogP contribution in [-0.4, -0.2) is 21.8 Å². The lowest BCUT2D eigenvalue weighted by atomic mass is 10.5. The number of anilines is 1. The summed E-state index contributed by atoms with van der Waals surface area (Å²) in [5, 5.41) is 0. The number of ether oxygens (including phenoxy) is 1. The monoisotopic (exact) mass is 234 g/mol. The van der Waals surface area contributed by atoms with Crippen LogP contribution in [0.1, 0.15) is 11.4 Å². The number of aromatic nitrogens is 3. The highest BCUT2D eigenvalue weighted by atomic mass is 16.5. The molecular weight excluding hydrogens is 220 g/mol. The molecule has 0 saturated heterocycles. The Morgan fingerprint density at radius 2 is 2.00 bits per heavy atom. The van der Waals surface area contributed by atoms with Gasteiger partial charge in [0.15, 0.2) is 5.82 Å². The van der Waals surface area contributed by atoms with Crippen LogP contribution in [0.25, 0.3) is 0 Å². The summed E-state index contributed by atoms with van der Waals surface area (Å²) < 4.78 is 6.86. The SMILES string of the molecule is COc1c(Nn2c(C)ccc2C)nc[nH]c1=O. The molecule has 0 aliphatic carbocycles. The molecule has 2 heterocycles. The van der Waals surface area contributed by atoms with Gasteiger partial charge in [-0.15, -0.1) is 0 Å². The third-order valence-corrected chi connectivity index (χ3v) is 2.50. The van der Waals surface area contributed by atoms with E-state index in [0.717, 1.165) is 11.4 Å². The van der Waals surface area contributed by atoms with Crippen LogP contribution in [0, 0.1) is 13.8 Å². The Morgan fingerprint density at radius 3 is 2.59 bits per heavy atom. The summed E-state index contributed by atoms with van der Waals surface area (Å²) in [6.07, 6.45) is 1.33. The Morgan fingerprint density at radius 1 is 1.35 bits per heavy atom. The van der Waals surface area contributed by atoms with E-state index in [1.54, 1.807) is 0 Å². The molecule has 2 aromatic heterocycles. The first kappa shape index (κ1) is 11.3. The van der Waals surface area contributed by atoms with E-state index in [1.807, 2.05) is 30.7 Å². The van der Waals surface area contributed by atoms with Crippen molar-refractivity contribution < 1.29 is 4.74 Å². The molecule has 0 bridgehead atoms. The fraction of sp³-hybridized carbons (Fsp3) is 0.273. The summed E-state index contributed by atoms with van der Waals surface area (Å²) in [7, 11) is 1.44. The summed E-state index contributed by atoms with van der Waals surface area (Å²) >= 11 is 0. The Kier molecular flexibility index (Phi) is 2.86. The van der Waals surface area contributed by atoms with Crippen LogP contribution in [0.15, 0.2) is 23.3 Å². The van der Waals surface area contributed by atoms with Crippen LogP contribution < -0.4 is 15.7 Å². The van der Waals surface area contributed by atoms with Crippen molar-refractivity contribution in [2.45, 2.75) is 13.8 Å². The summed E-state index contributed by atoms with van der Waals surface area (Å²) in [6.45, 7) is 3.92. The Labute approximate surface area is 98.2 Å².